The van der Waals surface area contributed by atoms with E-state index in [1.54, 1.807) is 30.3 Å². The molecule has 0 aliphatic rings. The average molecular weight is 241 g/mol. The first kappa shape index (κ1) is 12.3. The third-order valence-electron chi connectivity index (χ3n) is 1.64. The highest BCUT2D eigenvalue weighted by molar-refractivity contribution is 6.20. The normalized spacial score (nSPS) is 12.3. The Labute approximate surface area is 97.1 Å². The summed E-state index contributed by atoms with van der Waals surface area (Å²) in [6.07, 6.45) is 1.50. The Bertz CT molecular complexity index is 400. The number of halogens is 1. The number of benzene rings is 1. The third kappa shape index (κ3) is 4.14. The Balaban J connectivity index is 2.55. The lowest BCUT2D eigenvalue weighted by molar-refractivity contribution is -0.140. The van der Waals surface area contributed by atoms with Gasteiger partial charge in [-0.15, -0.1) is 0 Å². The molecule has 4 nitrogen and oxygen atoms in total. The van der Waals surface area contributed by atoms with Gasteiger partial charge in [0.15, 0.2) is 0 Å². The van der Waals surface area contributed by atoms with E-state index in [1.807, 2.05) is 0 Å². The van der Waals surface area contributed by atoms with Gasteiger partial charge in [0.25, 0.3) is 0 Å². The van der Waals surface area contributed by atoms with Crippen LogP contribution in [0.15, 0.2) is 42.5 Å². The van der Waals surface area contributed by atoms with Crippen LogP contribution in [0.3, 0.4) is 0 Å². The van der Waals surface area contributed by atoms with E-state index in [-0.39, 0.29) is 0 Å². The molecule has 0 bridgehead atoms. The highest BCUT2D eigenvalue weighted by Crippen LogP contribution is 2.21. The van der Waals surface area contributed by atoms with Gasteiger partial charge in [-0.2, -0.15) is 0 Å². The van der Waals surface area contributed by atoms with E-state index in [0.29, 0.717) is 11.6 Å². The average Bonchev–Trinajstić information content (AvgIpc) is 2.27. The van der Waals surface area contributed by atoms with Crippen LogP contribution in [-0.4, -0.2) is 17.0 Å². The summed E-state index contributed by atoms with van der Waals surface area (Å²) < 4.78 is 4.76. The zero-order valence-electron chi connectivity index (χ0n) is 8.17. The smallest absolute Gasteiger partial charge is 0.332 e. The minimum atomic E-state index is -1.22. The first-order valence-electron chi connectivity index (χ1n) is 4.40. The summed E-state index contributed by atoms with van der Waals surface area (Å²) >= 11 is 5.79. The summed E-state index contributed by atoms with van der Waals surface area (Å²) in [7, 11) is 0. The van der Waals surface area contributed by atoms with Crippen molar-refractivity contribution in [3.05, 3.63) is 48.0 Å². The second-order valence-corrected chi connectivity index (χ2v) is 3.23. The van der Waals surface area contributed by atoms with Crippen LogP contribution in [0.25, 0.3) is 0 Å². The summed E-state index contributed by atoms with van der Waals surface area (Å²) in [5.74, 6) is -2.02. The van der Waals surface area contributed by atoms with Crippen LogP contribution in [0.1, 0.15) is 11.1 Å². The number of esters is 1. The molecule has 1 aromatic rings. The number of hydrogen-bond donors (Lipinski definition) is 1. The number of hydrogen-bond acceptors (Lipinski definition) is 3. The number of carbonyl (C=O) groups is 2. The molecule has 1 atom stereocenters. The van der Waals surface area contributed by atoms with Crippen LogP contribution in [0.5, 0.6) is 0 Å². The van der Waals surface area contributed by atoms with Crippen LogP contribution in [0.4, 0.5) is 0 Å². The van der Waals surface area contributed by atoms with Gasteiger partial charge >= 0.3 is 11.9 Å². The van der Waals surface area contributed by atoms with Gasteiger partial charge < -0.3 is 9.84 Å². The molecular weight excluding hydrogens is 232 g/mol. The predicted molar refractivity (Wildman–Crippen MR) is 57.9 cm³/mol. The fourth-order valence-electron chi connectivity index (χ4n) is 0.953. The highest BCUT2D eigenvalue weighted by atomic mass is 35.5. The molecule has 16 heavy (non-hydrogen) atoms. The molecule has 0 aliphatic heterocycles. The standard InChI is InChI=1S/C11H9ClO4/c12-11(8-4-2-1-3-5-8)16-10(15)7-6-9(13)14/h1-7,11H,(H,13,14). The van der Waals surface area contributed by atoms with Crippen LogP contribution >= 0.6 is 11.6 Å². The van der Waals surface area contributed by atoms with Crippen molar-refractivity contribution in [3.63, 3.8) is 0 Å². The zero-order chi connectivity index (χ0) is 12.0. The van der Waals surface area contributed by atoms with E-state index < -0.39 is 17.5 Å². The van der Waals surface area contributed by atoms with Gasteiger partial charge in [0.05, 0.1) is 0 Å². The van der Waals surface area contributed by atoms with Gasteiger partial charge in [-0.05, 0) is 0 Å². The molecule has 0 saturated heterocycles. The van der Waals surface area contributed by atoms with E-state index in [9.17, 15) is 9.59 Å². The highest BCUT2D eigenvalue weighted by Gasteiger charge is 2.11. The second kappa shape index (κ2) is 5.92. The fraction of sp³-hybridized carbons (Fsp3) is 0.0909. The Morgan fingerprint density at radius 1 is 1.25 bits per heavy atom. The van der Waals surface area contributed by atoms with Gasteiger partial charge in [0.1, 0.15) is 0 Å². The third-order valence-corrected chi connectivity index (χ3v) is 1.98. The minimum Gasteiger partial charge on any atom is -0.478 e. The molecule has 0 radical (unpaired) electrons. The maximum atomic E-state index is 11.1. The van der Waals surface area contributed by atoms with Crippen molar-refractivity contribution in [2.45, 2.75) is 5.56 Å². The topological polar surface area (TPSA) is 63.6 Å². The molecule has 0 aliphatic carbocycles. The monoisotopic (exact) mass is 240 g/mol. The largest absolute Gasteiger partial charge is 0.478 e. The van der Waals surface area contributed by atoms with Crippen molar-refractivity contribution in [1.82, 2.24) is 0 Å². The summed E-state index contributed by atoms with van der Waals surface area (Å²) in [5, 5.41) is 8.29. The number of carboxylic acid groups (broad SMARTS) is 1. The molecular formula is C11H9ClO4. The van der Waals surface area contributed by atoms with Gasteiger partial charge in [0, 0.05) is 17.7 Å². The Hall–Kier alpha value is -1.81. The maximum Gasteiger partial charge on any atom is 0.332 e. The van der Waals surface area contributed by atoms with Gasteiger partial charge in [0.2, 0.25) is 5.56 Å². The number of ether oxygens (including phenoxy) is 1. The molecule has 0 aromatic heterocycles. The van der Waals surface area contributed by atoms with Crippen molar-refractivity contribution in [3.8, 4) is 0 Å². The lowest BCUT2D eigenvalue weighted by atomic mass is 10.2. The van der Waals surface area contributed by atoms with Gasteiger partial charge in [-0.25, -0.2) is 9.59 Å². The van der Waals surface area contributed by atoms with Crippen molar-refractivity contribution < 1.29 is 19.4 Å². The van der Waals surface area contributed by atoms with E-state index >= 15 is 0 Å². The number of aliphatic carboxylic acids is 1. The first-order chi connectivity index (χ1) is 7.59. The fourth-order valence-corrected chi connectivity index (χ4v) is 1.19. The van der Waals surface area contributed by atoms with Crippen LogP contribution in [0, 0.1) is 0 Å². The van der Waals surface area contributed by atoms with E-state index in [1.165, 1.54) is 0 Å². The van der Waals surface area contributed by atoms with Crippen molar-refractivity contribution in [1.29, 1.82) is 0 Å². The Kier molecular flexibility index (Phi) is 4.54. The summed E-state index contributed by atoms with van der Waals surface area (Å²) in [6.45, 7) is 0. The molecule has 1 unspecified atom stereocenters. The van der Waals surface area contributed by atoms with Gasteiger partial charge in [-0.3, -0.25) is 0 Å². The van der Waals surface area contributed by atoms with Crippen LogP contribution < -0.4 is 0 Å². The summed E-state index contributed by atoms with van der Waals surface area (Å²) in [6, 6.07) is 8.72. The summed E-state index contributed by atoms with van der Waals surface area (Å²) in [4.78, 5) is 21.2. The first-order valence-corrected chi connectivity index (χ1v) is 4.84. The number of carbonyl (C=O) groups excluding carboxylic acids is 1. The number of alkyl halides is 1. The molecule has 5 heteroatoms. The molecule has 0 fully saturated rings. The quantitative estimate of drug-likeness (QED) is 0.497. The van der Waals surface area contributed by atoms with E-state index in [0.717, 1.165) is 6.08 Å². The van der Waals surface area contributed by atoms with Crippen LogP contribution in [0.2, 0.25) is 0 Å². The van der Waals surface area contributed by atoms with Crippen molar-refractivity contribution in [2.75, 3.05) is 0 Å². The molecule has 1 N–H and O–H groups in total. The van der Waals surface area contributed by atoms with E-state index in [4.69, 9.17) is 21.4 Å². The number of rotatable bonds is 4. The molecule has 1 aromatic carbocycles. The predicted octanol–water partition coefficient (Wildman–Crippen LogP) is 2.11. The zero-order valence-corrected chi connectivity index (χ0v) is 8.92. The maximum absolute atomic E-state index is 11.1. The molecule has 0 heterocycles. The molecule has 0 amide bonds. The second-order valence-electron chi connectivity index (χ2n) is 2.84. The van der Waals surface area contributed by atoms with E-state index in [2.05, 4.69) is 0 Å². The lowest BCUT2D eigenvalue weighted by Gasteiger charge is -2.09. The Morgan fingerprint density at radius 3 is 2.44 bits per heavy atom. The van der Waals surface area contributed by atoms with Gasteiger partial charge in [-0.1, -0.05) is 41.9 Å². The molecule has 0 spiro atoms. The summed E-state index contributed by atoms with van der Waals surface area (Å²) in [5.41, 5.74) is -0.298. The molecule has 0 saturated carbocycles. The lowest BCUT2D eigenvalue weighted by Crippen LogP contribution is -2.04. The van der Waals surface area contributed by atoms with Crippen molar-refractivity contribution in [2.24, 2.45) is 0 Å². The molecule has 84 valence electrons. The van der Waals surface area contributed by atoms with Crippen LogP contribution in [-0.2, 0) is 14.3 Å². The Morgan fingerprint density at radius 2 is 1.88 bits per heavy atom. The molecule has 1 rings (SSSR count). The minimum absolute atomic E-state index is 0.626. The SMILES string of the molecule is O=C(O)C=CC(=O)OC(Cl)c1ccccc1. The van der Waals surface area contributed by atoms with Crippen molar-refractivity contribution >= 4 is 23.5 Å². The number of carboxylic acids is 1.